The van der Waals surface area contributed by atoms with E-state index in [4.69, 9.17) is 5.11 Å². The molecule has 3 N–H and O–H groups in total. The molecule has 0 unspecified atom stereocenters. The van der Waals surface area contributed by atoms with E-state index in [9.17, 15) is 4.79 Å². The van der Waals surface area contributed by atoms with Crippen molar-refractivity contribution in [3.05, 3.63) is 60.2 Å². The molecule has 22 heavy (non-hydrogen) atoms. The Bertz CT molecular complexity index is 696. The summed E-state index contributed by atoms with van der Waals surface area (Å²) in [6.07, 6.45) is 4.66. The molecule has 2 aromatic carbocycles. The Labute approximate surface area is 129 Å². The minimum Gasteiger partial charge on any atom is -0.396 e. The molecule has 0 saturated carbocycles. The van der Waals surface area contributed by atoms with Crippen LogP contribution in [0.15, 0.2) is 54.6 Å². The molecule has 4 nitrogen and oxygen atoms in total. The number of nitrogens with one attached hydrogen (secondary N) is 2. The van der Waals surface area contributed by atoms with Crippen LogP contribution in [0.4, 0.5) is 4.79 Å². The Kier molecular flexibility index (Phi) is 4.39. The Morgan fingerprint density at radius 1 is 1.14 bits per heavy atom. The maximum Gasteiger partial charge on any atom is 0.315 e. The number of fused-ring (bicyclic) bond motifs is 1. The molecule has 0 heterocycles. The first-order chi connectivity index (χ1) is 10.7. The molecule has 4 heteroatoms. The largest absolute Gasteiger partial charge is 0.396 e. The molecule has 0 saturated heterocycles. The van der Waals surface area contributed by atoms with E-state index in [1.54, 1.807) is 0 Å². The highest BCUT2D eigenvalue weighted by Gasteiger charge is 2.19. The van der Waals surface area contributed by atoms with Gasteiger partial charge in [-0.3, -0.25) is 0 Å². The van der Waals surface area contributed by atoms with E-state index in [1.165, 1.54) is 10.8 Å². The highest BCUT2D eigenvalue weighted by molar-refractivity contribution is 5.83. The maximum absolute atomic E-state index is 11.9. The summed E-state index contributed by atoms with van der Waals surface area (Å²) in [5.41, 5.74) is 1.07. The predicted octanol–water partition coefficient (Wildman–Crippen LogP) is 2.58. The highest BCUT2D eigenvalue weighted by atomic mass is 16.3. The third-order valence-corrected chi connectivity index (χ3v) is 3.99. The second kappa shape index (κ2) is 6.62. The quantitative estimate of drug-likeness (QED) is 0.759. The minimum atomic E-state index is -0.179. The average Bonchev–Trinajstić information content (AvgIpc) is 3.00. The van der Waals surface area contributed by atoms with Crippen LogP contribution >= 0.6 is 0 Å². The Morgan fingerprint density at radius 3 is 2.73 bits per heavy atom. The molecule has 2 atom stereocenters. The van der Waals surface area contributed by atoms with E-state index in [-0.39, 0.29) is 24.6 Å². The highest BCUT2D eigenvalue weighted by Crippen LogP contribution is 2.17. The number of aliphatic hydroxyl groups excluding tert-OH is 1. The summed E-state index contributed by atoms with van der Waals surface area (Å²) in [7, 11) is 0. The van der Waals surface area contributed by atoms with Crippen molar-refractivity contribution >= 4 is 16.8 Å². The van der Waals surface area contributed by atoms with Crippen molar-refractivity contribution in [3.8, 4) is 0 Å². The van der Waals surface area contributed by atoms with Gasteiger partial charge in [0.1, 0.15) is 0 Å². The summed E-state index contributed by atoms with van der Waals surface area (Å²) in [5.74, 6) is 0.158. The van der Waals surface area contributed by atoms with Gasteiger partial charge in [-0.25, -0.2) is 4.79 Å². The van der Waals surface area contributed by atoms with Crippen molar-refractivity contribution in [1.29, 1.82) is 0 Å². The molecule has 0 radical (unpaired) electrons. The fourth-order valence-electron chi connectivity index (χ4n) is 2.77. The van der Waals surface area contributed by atoms with E-state index in [0.29, 0.717) is 6.54 Å². The molecule has 2 aromatic rings. The molecule has 0 fully saturated rings. The molecule has 0 spiro atoms. The van der Waals surface area contributed by atoms with E-state index < -0.39 is 0 Å². The van der Waals surface area contributed by atoms with Crippen molar-refractivity contribution in [3.63, 3.8) is 0 Å². The normalized spacial score (nSPS) is 20.2. The van der Waals surface area contributed by atoms with Gasteiger partial charge in [0.15, 0.2) is 0 Å². The fourth-order valence-corrected chi connectivity index (χ4v) is 2.77. The lowest BCUT2D eigenvalue weighted by atomic mass is 10.1. The van der Waals surface area contributed by atoms with Crippen LogP contribution in [-0.2, 0) is 6.54 Å². The van der Waals surface area contributed by atoms with Gasteiger partial charge in [-0.1, -0.05) is 48.6 Å². The van der Waals surface area contributed by atoms with Gasteiger partial charge < -0.3 is 15.7 Å². The van der Waals surface area contributed by atoms with Crippen LogP contribution in [0, 0.1) is 5.92 Å². The summed E-state index contributed by atoms with van der Waals surface area (Å²) in [4.78, 5) is 11.9. The van der Waals surface area contributed by atoms with Crippen molar-refractivity contribution in [2.45, 2.75) is 19.0 Å². The molecule has 0 bridgehead atoms. The van der Waals surface area contributed by atoms with E-state index in [2.05, 4.69) is 34.9 Å². The monoisotopic (exact) mass is 296 g/mol. The number of hydrogen-bond donors (Lipinski definition) is 3. The Hall–Kier alpha value is -2.33. The van der Waals surface area contributed by atoms with Crippen LogP contribution in [-0.4, -0.2) is 23.8 Å². The SMILES string of the molecule is O=C(NCc1ccc2ccccc2c1)N[C@@H]1C=C[C@H](CO)C1. The van der Waals surface area contributed by atoms with Crippen LogP contribution < -0.4 is 10.6 Å². The van der Waals surface area contributed by atoms with Gasteiger partial charge in [-0.15, -0.1) is 0 Å². The third kappa shape index (κ3) is 3.46. The standard InChI is InChI=1S/C18H20N2O2/c21-12-14-6-8-17(10-14)20-18(22)19-11-13-5-7-15-3-1-2-4-16(15)9-13/h1-9,14,17,21H,10-12H2,(H2,19,20,22)/t14-,17+/m0/s1. The van der Waals surface area contributed by atoms with Crippen LogP contribution in [0.3, 0.4) is 0 Å². The zero-order valence-corrected chi connectivity index (χ0v) is 12.3. The minimum absolute atomic E-state index is 0.00811. The van der Waals surface area contributed by atoms with Crippen LogP contribution in [0.25, 0.3) is 10.8 Å². The van der Waals surface area contributed by atoms with E-state index >= 15 is 0 Å². The van der Waals surface area contributed by atoms with Crippen molar-refractivity contribution in [2.24, 2.45) is 5.92 Å². The fraction of sp³-hybridized carbons (Fsp3) is 0.278. The average molecular weight is 296 g/mol. The lowest BCUT2D eigenvalue weighted by molar-refractivity contribution is 0.231. The summed E-state index contributed by atoms with van der Waals surface area (Å²) in [5, 5.41) is 17.2. The third-order valence-electron chi connectivity index (χ3n) is 3.99. The molecule has 3 rings (SSSR count). The lowest BCUT2D eigenvalue weighted by Crippen LogP contribution is -2.40. The number of hydrogen-bond acceptors (Lipinski definition) is 2. The second-order valence-electron chi connectivity index (χ2n) is 5.68. The molecule has 2 amide bonds. The van der Waals surface area contributed by atoms with E-state index in [0.717, 1.165) is 12.0 Å². The Balaban J connectivity index is 1.53. The number of aliphatic hydroxyl groups is 1. The molecule has 1 aliphatic carbocycles. The van der Waals surface area contributed by atoms with Crippen molar-refractivity contribution in [1.82, 2.24) is 10.6 Å². The summed E-state index contributed by atoms with van der Waals surface area (Å²) < 4.78 is 0. The summed E-state index contributed by atoms with van der Waals surface area (Å²) in [6, 6.07) is 14.2. The molecule has 114 valence electrons. The first-order valence-electron chi connectivity index (χ1n) is 7.56. The van der Waals surface area contributed by atoms with Crippen LogP contribution in [0.1, 0.15) is 12.0 Å². The number of benzene rings is 2. The summed E-state index contributed by atoms with van der Waals surface area (Å²) in [6.45, 7) is 0.629. The molecule has 0 aliphatic heterocycles. The maximum atomic E-state index is 11.9. The van der Waals surface area contributed by atoms with Crippen molar-refractivity contribution < 1.29 is 9.90 Å². The van der Waals surface area contributed by atoms with Gasteiger partial charge in [-0.05, 0) is 28.8 Å². The zero-order chi connectivity index (χ0) is 15.4. The number of carbonyl (C=O) groups excluding carboxylic acids is 1. The van der Waals surface area contributed by atoms with Gasteiger partial charge in [-0.2, -0.15) is 0 Å². The molecule has 0 aromatic heterocycles. The predicted molar refractivity (Wildman–Crippen MR) is 87.4 cm³/mol. The molecule has 1 aliphatic rings. The first-order valence-corrected chi connectivity index (χ1v) is 7.56. The van der Waals surface area contributed by atoms with Gasteiger partial charge in [0.25, 0.3) is 0 Å². The summed E-state index contributed by atoms with van der Waals surface area (Å²) >= 11 is 0. The van der Waals surface area contributed by atoms with Crippen LogP contribution in [0.5, 0.6) is 0 Å². The van der Waals surface area contributed by atoms with Gasteiger partial charge in [0.05, 0.1) is 0 Å². The smallest absolute Gasteiger partial charge is 0.315 e. The number of carbonyl (C=O) groups is 1. The second-order valence-corrected chi connectivity index (χ2v) is 5.68. The van der Waals surface area contributed by atoms with Gasteiger partial charge >= 0.3 is 6.03 Å². The number of rotatable bonds is 4. The van der Waals surface area contributed by atoms with Crippen molar-refractivity contribution in [2.75, 3.05) is 6.61 Å². The first kappa shape index (κ1) is 14.6. The number of amides is 2. The zero-order valence-electron chi connectivity index (χ0n) is 12.3. The van der Waals surface area contributed by atoms with Gasteiger partial charge in [0.2, 0.25) is 0 Å². The lowest BCUT2D eigenvalue weighted by Gasteiger charge is -2.13. The topological polar surface area (TPSA) is 61.4 Å². The van der Waals surface area contributed by atoms with E-state index in [1.807, 2.05) is 30.4 Å². The van der Waals surface area contributed by atoms with Crippen LogP contribution in [0.2, 0.25) is 0 Å². The Morgan fingerprint density at radius 2 is 1.95 bits per heavy atom. The number of urea groups is 1. The molecular formula is C18H20N2O2. The van der Waals surface area contributed by atoms with Gasteiger partial charge in [0, 0.05) is 25.1 Å². The molecular weight excluding hydrogens is 276 g/mol.